The number of benzene rings is 1. The van der Waals surface area contributed by atoms with Crippen LogP contribution in [0, 0.1) is 0 Å². The second-order valence-electron chi connectivity index (χ2n) is 3.86. The number of rotatable bonds is 3. The summed E-state index contributed by atoms with van der Waals surface area (Å²) in [7, 11) is 0. The van der Waals surface area contributed by atoms with Gasteiger partial charge in [0.1, 0.15) is 0 Å². The molecule has 1 aromatic carbocycles. The molecular formula is C16H21NO. The summed E-state index contributed by atoms with van der Waals surface area (Å²) in [6.45, 7) is 6.16. The van der Waals surface area contributed by atoms with Crippen LogP contribution in [0.2, 0.25) is 0 Å². The molecule has 0 saturated heterocycles. The van der Waals surface area contributed by atoms with Crippen LogP contribution in [-0.2, 0) is 6.42 Å². The van der Waals surface area contributed by atoms with E-state index in [4.69, 9.17) is 0 Å². The van der Waals surface area contributed by atoms with Crippen molar-refractivity contribution in [2.75, 3.05) is 0 Å². The van der Waals surface area contributed by atoms with Gasteiger partial charge in [0, 0.05) is 11.8 Å². The molecule has 0 aliphatic heterocycles. The van der Waals surface area contributed by atoms with Crippen LogP contribution < -0.4 is 5.56 Å². The molecule has 2 nitrogen and oxygen atoms in total. The van der Waals surface area contributed by atoms with E-state index in [0.717, 1.165) is 24.0 Å². The maximum Gasteiger partial charge on any atom is 0.255 e. The highest BCUT2D eigenvalue weighted by atomic mass is 16.1. The van der Waals surface area contributed by atoms with Crippen molar-refractivity contribution in [3.63, 3.8) is 0 Å². The van der Waals surface area contributed by atoms with E-state index >= 15 is 0 Å². The fourth-order valence-electron chi connectivity index (χ4n) is 1.79. The summed E-state index contributed by atoms with van der Waals surface area (Å²) in [6.07, 6.45) is 3.88. The van der Waals surface area contributed by atoms with Gasteiger partial charge in [-0.1, -0.05) is 51.5 Å². The van der Waals surface area contributed by atoms with Gasteiger partial charge in [-0.05, 0) is 29.7 Å². The number of H-pyrrole nitrogens is 1. The minimum Gasteiger partial charge on any atom is -0.329 e. The fourth-order valence-corrected chi connectivity index (χ4v) is 1.79. The van der Waals surface area contributed by atoms with Gasteiger partial charge in [0.05, 0.1) is 0 Å². The molecule has 18 heavy (non-hydrogen) atoms. The van der Waals surface area contributed by atoms with Crippen LogP contribution in [0.3, 0.4) is 0 Å². The first kappa shape index (κ1) is 14.2. The Labute approximate surface area is 109 Å². The third-order valence-corrected chi connectivity index (χ3v) is 2.62. The van der Waals surface area contributed by atoms with E-state index in [9.17, 15) is 4.79 Å². The lowest BCUT2D eigenvalue weighted by atomic mass is 10.0. The first-order valence-corrected chi connectivity index (χ1v) is 6.58. The number of hydrogen-bond acceptors (Lipinski definition) is 1. The molecule has 2 rings (SSSR count). The second kappa shape index (κ2) is 7.49. The van der Waals surface area contributed by atoms with Gasteiger partial charge in [-0.3, -0.25) is 4.79 Å². The van der Waals surface area contributed by atoms with Gasteiger partial charge in [-0.25, -0.2) is 0 Å². The largest absolute Gasteiger partial charge is 0.329 e. The number of hydrogen-bond donors (Lipinski definition) is 1. The van der Waals surface area contributed by atoms with Crippen LogP contribution in [0.15, 0.2) is 47.4 Å². The maximum atomic E-state index is 11.6. The minimum atomic E-state index is -0.0364. The smallest absolute Gasteiger partial charge is 0.255 e. The molecule has 0 aliphatic carbocycles. The van der Waals surface area contributed by atoms with Crippen LogP contribution in [0.4, 0.5) is 0 Å². The molecule has 0 fully saturated rings. The molecule has 0 aliphatic rings. The Kier molecular flexibility index (Phi) is 5.92. The van der Waals surface area contributed by atoms with Crippen LogP contribution in [-0.4, -0.2) is 4.98 Å². The Bertz CT molecular complexity index is 511. The molecule has 2 aromatic rings. The van der Waals surface area contributed by atoms with Gasteiger partial charge in [-0.2, -0.15) is 0 Å². The van der Waals surface area contributed by atoms with Crippen molar-refractivity contribution in [1.82, 2.24) is 4.98 Å². The van der Waals surface area contributed by atoms with Crippen molar-refractivity contribution in [3.8, 4) is 11.1 Å². The van der Waals surface area contributed by atoms with Gasteiger partial charge in [0.15, 0.2) is 0 Å². The summed E-state index contributed by atoms with van der Waals surface area (Å²) in [5.41, 5.74) is 2.98. The van der Waals surface area contributed by atoms with Gasteiger partial charge >= 0.3 is 0 Å². The molecule has 0 radical (unpaired) electrons. The summed E-state index contributed by atoms with van der Waals surface area (Å²) in [5, 5.41) is 0. The SMILES string of the molecule is CC.CCCc1ccc(-c2ccc[nH]c2=O)cc1. The third-order valence-electron chi connectivity index (χ3n) is 2.62. The monoisotopic (exact) mass is 243 g/mol. The van der Waals surface area contributed by atoms with E-state index in [-0.39, 0.29) is 5.56 Å². The molecule has 1 heterocycles. The predicted molar refractivity (Wildman–Crippen MR) is 77.8 cm³/mol. The molecule has 1 aromatic heterocycles. The zero-order chi connectivity index (χ0) is 13.4. The zero-order valence-electron chi connectivity index (χ0n) is 11.4. The quantitative estimate of drug-likeness (QED) is 0.867. The second-order valence-corrected chi connectivity index (χ2v) is 3.86. The third kappa shape index (κ3) is 3.59. The predicted octanol–water partition coefficient (Wildman–Crippen LogP) is 4.02. The topological polar surface area (TPSA) is 32.9 Å². The van der Waals surface area contributed by atoms with Crippen molar-refractivity contribution in [3.05, 3.63) is 58.5 Å². The molecular weight excluding hydrogens is 222 g/mol. The molecule has 96 valence electrons. The first-order valence-electron chi connectivity index (χ1n) is 6.58. The fraction of sp³-hybridized carbons (Fsp3) is 0.312. The Morgan fingerprint density at radius 1 is 1.06 bits per heavy atom. The Hall–Kier alpha value is -1.83. The molecule has 0 bridgehead atoms. The van der Waals surface area contributed by atoms with E-state index in [2.05, 4.69) is 24.0 Å². The van der Waals surface area contributed by atoms with Crippen LogP contribution in [0.5, 0.6) is 0 Å². The van der Waals surface area contributed by atoms with Crippen LogP contribution in [0.25, 0.3) is 11.1 Å². The first-order chi connectivity index (χ1) is 8.81. The van der Waals surface area contributed by atoms with Crippen molar-refractivity contribution in [2.24, 2.45) is 0 Å². The Morgan fingerprint density at radius 2 is 1.72 bits per heavy atom. The van der Waals surface area contributed by atoms with Crippen molar-refractivity contribution in [1.29, 1.82) is 0 Å². The lowest BCUT2D eigenvalue weighted by molar-refractivity contribution is 0.922. The van der Waals surface area contributed by atoms with Crippen molar-refractivity contribution < 1.29 is 0 Å². The normalized spacial score (nSPS) is 9.50. The highest BCUT2D eigenvalue weighted by Gasteiger charge is 2.01. The van der Waals surface area contributed by atoms with Gasteiger partial charge in [-0.15, -0.1) is 0 Å². The standard InChI is InChI=1S/C14H15NO.C2H6/c1-2-4-11-6-8-12(9-7-11)13-5-3-10-15-14(13)16;1-2/h3,5-10H,2,4H2,1H3,(H,15,16);1-2H3. The summed E-state index contributed by atoms with van der Waals surface area (Å²) in [6, 6.07) is 11.9. The van der Waals surface area contributed by atoms with E-state index in [1.165, 1.54) is 5.56 Å². The zero-order valence-corrected chi connectivity index (χ0v) is 11.4. The number of aromatic amines is 1. The van der Waals surface area contributed by atoms with Gasteiger partial charge < -0.3 is 4.98 Å². The molecule has 1 N–H and O–H groups in total. The van der Waals surface area contributed by atoms with Crippen molar-refractivity contribution in [2.45, 2.75) is 33.6 Å². The number of aryl methyl sites for hydroxylation is 1. The molecule has 0 saturated carbocycles. The molecule has 2 heteroatoms. The molecule has 0 atom stereocenters. The van der Waals surface area contributed by atoms with E-state index in [0.29, 0.717) is 0 Å². The van der Waals surface area contributed by atoms with Crippen LogP contribution >= 0.6 is 0 Å². The van der Waals surface area contributed by atoms with Crippen molar-refractivity contribution >= 4 is 0 Å². The number of pyridine rings is 1. The summed E-state index contributed by atoms with van der Waals surface area (Å²) >= 11 is 0. The Balaban J connectivity index is 0.000000771. The summed E-state index contributed by atoms with van der Waals surface area (Å²) in [5.74, 6) is 0. The molecule has 0 amide bonds. The summed E-state index contributed by atoms with van der Waals surface area (Å²) in [4.78, 5) is 14.3. The van der Waals surface area contributed by atoms with E-state index < -0.39 is 0 Å². The highest BCUT2D eigenvalue weighted by molar-refractivity contribution is 5.62. The van der Waals surface area contributed by atoms with Gasteiger partial charge in [0.2, 0.25) is 0 Å². The highest BCUT2D eigenvalue weighted by Crippen LogP contribution is 2.16. The average Bonchev–Trinajstić information content (AvgIpc) is 2.43. The van der Waals surface area contributed by atoms with E-state index in [1.807, 2.05) is 38.1 Å². The minimum absolute atomic E-state index is 0.0364. The van der Waals surface area contributed by atoms with E-state index in [1.54, 1.807) is 6.20 Å². The molecule has 0 spiro atoms. The average molecular weight is 243 g/mol. The lowest BCUT2D eigenvalue weighted by Gasteiger charge is -2.02. The number of nitrogens with one attached hydrogen (secondary N) is 1. The Morgan fingerprint density at radius 3 is 2.28 bits per heavy atom. The maximum absolute atomic E-state index is 11.6. The summed E-state index contributed by atoms with van der Waals surface area (Å²) < 4.78 is 0. The molecule has 0 unspecified atom stereocenters. The van der Waals surface area contributed by atoms with Crippen LogP contribution in [0.1, 0.15) is 32.8 Å². The number of aromatic nitrogens is 1. The van der Waals surface area contributed by atoms with Gasteiger partial charge in [0.25, 0.3) is 5.56 Å². The lowest BCUT2D eigenvalue weighted by Crippen LogP contribution is -2.06.